The number of hydrogen-bond acceptors (Lipinski definition) is 6. The molecule has 9 nitrogen and oxygen atoms in total. The SMILES string of the molecule is CCCCC/C=C\C/C=C\CCCCCCCCCC(=O)OC(CCCC)CCCCCC(=O)NCC(=O)NC(CO)C(=O)O. The van der Waals surface area contributed by atoms with Crippen LogP contribution in [0.15, 0.2) is 24.3 Å². The van der Waals surface area contributed by atoms with Crippen LogP contribution in [0.2, 0.25) is 0 Å². The molecule has 0 radical (unpaired) electrons. The summed E-state index contributed by atoms with van der Waals surface area (Å²) in [7, 11) is 0. The maximum atomic E-state index is 12.4. The number of amides is 2. The number of rotatable bonds is 31. The van der Waals surface area contributed by atoms with E-state index in [1.165, 1.54) is 51.4 Å². The number of allylic oxidation sites excluding steroid dienone is 4. The molecule has 9 heteroatoms. The molecular formula is C36H64N2O7. The Morgan fingerprint density at radius 1 is 0.667 bits per heavy atom. The molecule has 45 heavy (non-hydrogen) atoms. The van der Waals surface area contributed by atoms with Crippen molar-refractivity contribution in [2.24, 2.45) is 0 Å². The fraction of sp³-hybridized carbons (Fsp3) is 0.778. The van der Waals surface area contributed by atoms with E-state index in [2.05, 4.69) is 48.8 Å². The highest BCUT2D eigenvalue weighted by Crippen LogP contribution is 2.16. The van der Waals surface area contributed by atoms with Crippen LogP contribution in [0.25, 0.3) is 0 Å². The lowest BCUT2D eigenvalue weighted by molar-refractivity contribution is -0.150. The first kappa shape index (κ1) is 42.3. The molecule has 2 atom stereocenters. The summed E-state index contributed by atoms with van der Waals surface area (Å²) in [5.41, 5.74) is 0. The Morgan fingerprint density at radius 2 is 1.22 bits per heavy atom. The average molecular weight is 637 g/mol. The van der Waals surface area contributed by atoms with Crippen molar-refractivity contribution >= 4 is 23.8 Å². The van der Waals surface area contributed by atoms with Crippen molar-refractivity contribution in [3.05, 3.63) is 24.3 Å². The Labute approximate surface area is 273 Å². The van der Waals surface area contributed by atoms with Crippen molar-refractivity contribution in [3.8, 4) is 0 Å². The van der Waals surface area contributed by atoms with Gasteiger partial charge in [0.25, 0.3) is 0 Å². The van der Waals surface area contributed by atoms with Gasteiger partial charge in [-0.25, -0.2) is 4.79 Å². The van der Waals surface area contributed by atoms with Gasteiger partial charge in [0, 0.05) is 12.8 Å². The number of nitrogens with one attached hydrogen (secondary N) is 2. The standard InChI is InChI=1S/C36H64N2O7/c1-3-5-7-8-9-10-11-12-13-14-15-16-17-18-19-20-24-28-35(42)45-31(25-6-4-2)26-22-21-23-27-33(40)37-29-34(41)38-32(30-39)36(43)44/h9-10,12-13,31-32,39H,3-8,11,14-30H2,1-2H3,(H,37,40)(H,38,41)(H,43,44)/b10-9-,13-12-. The van der Waals surface area contributed by atoms with Gasteiger partial charge in [0.1, 0.15) is 12.1 Å². The molecule has 0 fully saturated rings. The molecule has 0 aromatic carbocycles. The summed E-state index contributed by atoms with van der Waals surface area (Å²) in [6.45, 7) is 3.29. The van der Waals surface area contributed by atoms with E-state index in [4.69, 9.17) is 14.9 Å². The van der Waals surface area contributed by atoms with E-state index in [1.54, 1.807) is 0 Å². The van der Waals surface area contributed by atoms with Gasteiger partial charge in [-0.1, -0.05) is 102 Å². The third kappa shape index (κ3) is 28.5. The third-order valence-corrected chi connectivity index (χ3v) is 7.70. The van der Waals surface area contributed by atoms with Crippen molar-refractivity contribution in [2.75, 3.05) is 13.2 Å². The molecule has 0 bridgehead atoms. The minimum atomic E-state index is -1.39. The van der Waals surface area contributed by atoms with Crippen molar-refractivity contribution in [2.45, 2.75) is 167 Å². The van der Waals surface area contributed by atoms with Crippen LogP contribution >= 0.6 is 0 Å². The lowest BCUT2D eigenvalue weighted by Gasteiger charge is -2.18. The first-order valence-electron chi connectivity index (χ1n) is 17.7. The van der Waals surface area contributed by atoms with Crippen molar-refractivity contribution in [3.63, 3.8) is 0 Å². The highest BCUT2D eigenvalue weighted by Gasteiger charge is 2.19. The van der Waals surface area contributed by atoms with Gasteiger partial charge in [0.05, 0.1) is 13.2 Å². The van der Waals surface area contributed by atoms with Crippen LogP contribution in [-0.2, 0) is 23.9 Å². The van der Waals surface area contributed by atoms with Gasteiger partial charge in [-0.05, 0) is 64.2 Å². The van der Waals surface area contributed by atoms with E-state index in [-0.39, 0.29) is 30.9 Å². The largest absolute Gasteiger partial charge is 0.480 e. The third-order valence-electron chi connectivity index (χ3n) is 7.70. The smallest absolute Gasteiger partial charge is 0.328 e. The summed E-state index contributed by atoms with van der Waals surface area (Å²) in [5.74, 6) is -2.41. The molecule has 0 aliphatic heterocycles. The molecule has 2 amide bonds. The summed E-state index contributed by atoms with van der Waals surface area (Å²) >= 11 is 0. The van der Waals surface area contributed by atoms with Gasteiger partial charge in [0.2, 0.25) is 11.8 Å². The lowest BCUT2D eigenvalue weighted by Crippen LogP contribution is -2.47. The Kier molecular flexibility index (Phi) is 29.4. The van der Waals surface area contributed by atoms with Crippen LogP contribution in [0.1, 0.15) is 155 Å². The van der Waals surface area contributed by atoms with Gasteiger partial charge in [-0.2, -0.15) is 0 Å². The molecule has 2 unspecified atom stereocenters. The molecular weight excluding hydrogens is 572 g/mol. The topological polar surface area (TPSA) is 142 Å². The zero-order chi connectivity index (χ0) is 33.4. The predicted octanol–water partition coefficient (Wildman–Crippen LogP) is 7.31. The van der Waals surface area contributed by atoms with E-state index in [1.807, 2.05) is 0 Å². The highest BCUT2D eigenvalue weighted by molar-refractivity contribution is 5.87. The van der Waals surface area contributed by atoms with Crippen molar-refractivity contribution in [1.29, 1.82) is 0 Å². The number of aliphatic carboxylic acids is 1. The molecule has 0 rings (SSSR count). The molecule has 0 saturated carbocycles. The molecule has 0 aliphatic rings. The van der Waals surface area contributed by atoms with E-state index in [0.29, 0.717) is 12.8 Å². The Bertz CT molecular complexity index is 828. The van der Waals surface area contributed by atoms with Crippen LogP contribution in [0, 0.1) is 0 Å². The maximum absolute atomic E-state index is 12.4. The molecule has 0 aromatic rings. The number of carbonyl (C=O) groups is 4. The number of ether oxygens (including phenoxy) is 1. The summed E-state index contributed by atoms with van der Waals surface area (Å²) in [6.07, 6.45) is 31.2. The highest BCUT2D eigenvalue weighted by atomic mass is 16.5. The van der Waals surface area contributed by atoms with Gasteiger partial charge < -0.3 is 25.6 Å². The van der Waals surface area contributed by atoms with E-state index in [9.17, 15) is 19.2 Å². The number of unbranched alkanes of at least 4 members (excludes halogenated alkanes) is 13. The monoisotopic (exact) mass is 636 g/mol. The van der Waals surface area contributed by atoms with E-state index < -0.39 is 24.5 Å². The fourth-order valence-electron chi connectivity index (χ4n) is 4.91. The molecule has 0 saturated heterocycles. The van der Waals surface area contributed by atoms with E-state index in [0.717, 1.165) is 70.6 Å². The van der Waals surface area contributed by atoms with Gasteiger partial charge in [0.15, 0.2) is 0 Å². The average Bonchev–Trinajstić information content (AvgIpc) is 3.02. The molecule has 260 valence electrons. The Morgan fingerprint density at radius 3 is 1.84 bits per heavy atom. The quantitative estimate of drug-likeness (QED) is 0.0355. The summed E-state index contributed by atoms with van der Waals surface area (Å²) in [6, 6.07) is -1.39. The molecule has 4 N–H and O–H groups in total. The Balaban J connectivity index is 3.89. The van der Waals surface area contributed by atoms with Gasteiger partial charge in [-0.3, -0.25) is 14.4 Å². The first-order chi connectivity index (χ1) is 21.8. The second kappa shape index (κ2) is 31.3. The van der Waals surface area contributed by atoms with Crippen LogP contribution in [-0.4, -0.2) is 59.3 Å². The Hall–Kier alpha value is -2.68. The zero-order valence-electron chi connectivity index (χ0n) is 28.4. The fourth-order valence-corrected chi connectivity index (χ4v) is 4.91. The van der Waals surface area contributed by atoms with Crippen LogP contribution in [0.4, 0.5) is 0 Å². The van der Waals surface area contributed by atoms with Gasteiger partial charge in [-0.15, -0.1) is 0 Å². The van der Waals surface area contributed by atoms with Crippen LogP contribution in [0.5, 0.6) is 0 Å². The molecule has 0 heterocycles. The minimum Gasteiger partial charge on any atom is -0.480 e. The number of aliphatic hydroxyl groups is 1. The molecule has 0 aliphatic carbocycles. The number of carboxylic acid groups (broad SMARTS) is 1. The maximum Gasteiger partial charge on any atom is 0.328 e. The van der Waals surface area contributed by atoms with Crippen molar-refractivity contribution < 1.29 is 34.1 Å². The van der Waals surface area contributed by atoms with E-state index >= 15 is 0 Å². The number of hydrogen-bond donors (Lipinski definition) is 4. The summed E-state index contributed by atoms with van der Waals surface area (Å²) in [4.78, 5) is 47.0. The van der Waals surface area contributed by atoms with Crippen LogP contribution in [0.3, 0.4) is 0 Å². The van der Waals surface area contributed by atoms with Gasteiger partial charge >= 0.3 is 11.9 Å². The van der Waals surface area contributed by atoms with Crippen LogP contribution < -0.4 is 10.6 Å². The summed E-state index contributed by atoms with van der Waals surface area (Å²) < 4.78 is 5.80. The predicted molar refractivity (Wildman–Crippen MR) is 181 cm³/mol. The number of carbonyl (C=O) groups excluding carboxylic acids is 3. The second-order valence-corrected chi connectivity index (χ2v) is 12.0. The second-order valence-electron chi connectivity index (χ2n) is 12.0. The minimum absolute atomic E-state index is 0.0838. The lowest BCUT2D eigenvalue weighted by atomic mass is 10.0. The molecule has 0 spiro atoms. The normalized spacial score (nSPS) is 12.8. The number of aliphatic hydroxyl groups excluding tert-OH is 1. The number of esters is 1. The van der Waals surface area contributed by atoms with Crippen molar-refractivity contribution in [1.82, 2.24) is 10.6 Å². The zero-order valence-corrected chi connectivity index (χ0v) is 28.4. The molecule has 0 aromatic heterocycles. The first-order valence-corrected chi connectivity index (χ1v) is 17.7. The summed E-state index contributed by atoms with van der Waals surface area (Å²) in [5, 5.41) is 22.4. The number of carboxylic acids is 1.